The highest BCUT2D eigenvalue weighted by atomic mass is 16.1. The fourth-order valence-corrected chi connectivity index (χ4v) is 1.49. The molecule has 1 heterocycles. The van der Waals surface area contributed by atoms with Crippen LogP contribution in [0.1, 0.15) is 18.4 Å². The molecule has 80 valence electrons. The lowest BCUT2D eigenvalue weighted by atomic mass is 10.3. The molecular formula is C11H15N3O. The molecule has 1 N–H and O–H groups in total. The average Bonchev–Trinajstić information content (AvgIpc) is 2.98. The fourth-order valence-electron chi connectivity index (χ4n) is 1.49. The number of aromatic nitrogens is 2. The van der Waals surface area contributed by atoms with E-state index in [0.29, 0.717) is 0 Å². The molecule has 0 atom stereocenters. The topological polar surface area (TPSA) is 46.9 Å². The van der Waals surface area contributed by atoms with E-state index in [1.807, 2.05) is 11.6 Å². The highest BCUT2D eigenvalue weighted by molar-refractivity contribution is 5.98. The van der Waals surface area contributed by atoms with E-state index in [4.69, 9.17) is 0 Å². The summed E-state index contributed by atoms with van der Waals surface area (Å²) in [6, 6.07) is 0. The van der Waals surface area contributed by atoms with E-state index >= 15 is 0 Å². The highest BCUT2D eigenvalue weighted by Crippen LogP contribution is 2.31. The van der Waals surface area contributed by atoms with Crippen molar-refractivity contribution in [2.75, 3.05) is 5.32 Å². The Bertz CT molecular complexity index is 391. The molecule has 4 heteroatoms. The lowest BCUT2D eigenvalue weighted by Gasteiger charge is -2.07. The molecular weight excluding hydrogens is 190 g/mol. The number of hydrogen-bond acceptors (Lipinski definition) is 2. The van der Waals surface area contributed by atoms with E-state index in [2.05, 4.69) is 17.0 Å². The highest BCUT2D eigenvalue weighted by Gasteiger charge is 2.23. The second-order valence-electron chi connectivity index (χ2n) is 4.00. The lowest BCUT2D eigenvalue weighted by Crippen LogP contribution is -2.14. The molecule has 1 aromatic rings. The third-order valence-corrected chi connectivity index (χ3v) is 2.58. The summed E-state index contributed by atoms with van der Waals surface area (Å²) in [5, 5.41) is 7.04. The predicted octanol–water partition coefficient (Wildman–Crippen LogP) is 1.73. The van der Waals surface area contributed by atoms with E-state index in [1.54, 1.807) is 6.20 Å². The maximum Gasteiger partial charge on any atom is 0.248 e. The van der Waals surface area contributed by atoms with Gasteiger partial charge in [0.1, 0.15) is 5.82 Å². The minimum atomic E-state index is -0.185. The van der Waals surface area contributed by atoms with Crippen molar-refractivity contribution in [3.63, 3.8) is 0 Å². The van der Waals surface area contributed by atoms with Crippen LogP contribution in [0.3, 0.4) is 0 Å². The maximum absolute atomic E-state index is 11.2. The van der Waals surface area contributed by atoms with Crippen molar-refractivity contribution in [1.29, 1.82) is 0 Å². The first-order valence-electron chi connectivity index (χ1n) is 5.16. The Hall–Kier alpha value is -1.58. The Balaban J connectivity index is 2.14. The predicted molar refractivity (Wildman–Crippen MR) is 58.5 cm³/mol. The minimum Gasteiger partial charge on any atom is -0.307 e. The molecule has 1 amide bonds. The van der Waals surface area contributed by atoms with Gasteiger partial charge in [-0.25, -0.2) is 4.68 Å². The van der Waals surface area contributed by atoms with Crippen molar-refractivity contribution in [3.8, 4) is 0 Å². The number of nitrogens with one attached hydrogen (secondary N) is 1. The summed E-state index contributed by atoms with van der Waals surface area (Å²) in [4.78, 5) is 11.2. The molecule has 0 saturated heterocycles. The van der Waals surface area contributed by atoms with Crippen LogP contribution >= 0.6 is 0 Å². The Morgan fingerprint density at radius 3 is 3.13 bits per heavy atom. The first kappa shape index (κ1) is 9.96. The van der Waals surface area contributed by atoms with Crippen molar-refractivity contribution >= 4 is 11.7 Å². The van der Waals surface area contributed by atoms with Gasteiger partial charge in [0.2, 0.25) is 5.91 Å². The first-order chi connectivity index (χ1) is 7.20. The smallest absolute Gasteiger partial charge is 0.248 e. The molecule has 2 rings (SSSR count). The summed E-state index contributed by atoms with van der Waals surface area (Å²) in [6.45, 7) is 6.28. The van der Waals surface area contributed by atoms with E-state index in [-0.39, 0.29) is 5.91 Å². The summed E-state index contributed by atoms with van der Waals surface area (Å²) in [5.74, 6) is 1.35. The van der Waals surface area contributed by atoms with Crippen LogP contribution in [-0.4, -0.2) is 15.7 Å². The van der Waals surface area contributed by atoms with Crippen LogP contribution < -0.4 is 5.32 Å². The molecule has 0 aromatic carbocycles. The van der Waals surface area contributed by atoms with Gasteiger partial charge in [-0.3, -0.25) is 4.79 Å². The third kappa shape index (κ3) is 2.26. The van der Waals surface area contributed by atoms with Gasteiger partial charge in [0.15, 0.2) is 0 Å². The molecule has 1 fully saturated rings. The molecule has 4 nitrogen and oxygen atoms in total. The molecule has 0 radical (unpaired) electrons. The number of aryl methyl sites for hydroxylation is 1. The maximum atomic E-state index is 11.2. The average molecular weight is 205 g/mol. The number of carbonyl (C=O) groups excluding carboxylic acids is 1. The quantitative estimate of drug-likeness (QED) is 0.761. The van der Waals surface area contributed by atoms with Gasteiger partial charge in [0.25, 0.3) is 0 Å². The van der Waals surface area contributed by atoms with Crippen LogP contribution in [0.15, 0.2) is 18.9 Å². The largest absolute Gasteiger partial charge is 0.307 e. The summed E-state index contributed by atoms with van der Waals surface area (Å²) in [7, 11) is 0. The lowest BCUT2D eigenvalue weighted by molar-refractivity contribution is -0.111. The Morgan fingerprint density at radius 1 is 1.80 bits per heavy atom. The SMILES string of the molecule is C=CC(=O)Nc1c(C)cnn1CC1CC1. The summed E-state index contributed by atoms with van der Waals surface area (Å²) < 4.78 is 1.87. The van der Waals surface area contributed by atoms with E-state index < -0.39 is 0 Å². The molecule has 1 saturated carbocycles. The Morgan fingerprint density at radius 2 is 2.53 bits per heavy atom. The number of hydrogen-bond donors (Lipinski definition) is 1. The van der Waals surface area contributed by atoms with E-state index in [1.165, 1.54) is 18.9 Å². The molecule has 1 aliphatic carbocycles. The fraction of sp³-hybridized carbons (Fsp3) is 0.455. The standard InChI is InChI=1S/C11H15N3O/c1-3-10(15)13-11-8(2)6-12-14(11)7-9-4-5-9/h3,6,9H,1,4-5,7H2,2H3,(H,13,15). The van der Waals surface area contributed by atoms with Crippen LogP contribution in [0.2, 0.25) is 0 Å². The number of carbonyl (C=O) groups is 1. The number of amides is 1. The molecule has 0 spiro atoms. The molecule has 0 bridgehead atoms. The molecule has 1 aliphatic rings. The van der Waals surface area contributed by atoms with Crippen LogP contribution in [-0.2, 0) is 11.3 Å². The van der Waals surface area contributed by atoms with Crippen molar-refractivity contribution < 1.29 is 4.79 Å². The van der Waals surface area contributed by atoms with E-state index in [9.17, 15) is 4.79 Å². The zero-order valence-electron chi connectivity index (χ0n) is 8.86. The number of nitrogens with zero attached hydrogens (tertiary/aromatic N) is 2. The van der Waals surface area contributed by atoms with Gasteiger partial charge >= 0.3 is 0 Å². The van der Waals surface area contributed by atoms with Gasteiger partial charge in [-0.2, -0.15) is 5.10 Å². The summed E-state index contributed by atoms with van der Waals surface area (Å²) in [5.41, 5.74) is 0.992. The van der Waals surface area contributed by atoms with Gasteiger partial charge in [-0.1, -0.05) is 6.58 Å². The molecule has 15 heavy (non-hydrogen) atoms. The Labute approximate surface area is 89.0 Å². The van der Waals surface area contributed by atoms with Gasteiger partial charge in [-0.15, -0.1) is 0 Å². The Kier molecular flexibility index (Phi) is 2.58. The van der Waals surface area contributed by atoms with Crippen molar-refractivity contribution in [3.05, 3.63) is 24.4 Å². The van der Waals surface area contributed by atoms with Crippen molar-refractivity contribution in [1.82, 2.24) is 9.78 Å². The van der Waals surface area contributed by atoms with Gasteiger partial charge in [-0.05, 0) is 31.8 Å². The van der Waals surface area contributed by atoms with Crippen LogP contribution in [0.4, 0.5) is 5.82 Å². The minimum absolute atomic E-state index is 0.185. The third-order valence-electron chi connectivity index (χ3n) is 2.58. The second kappa shape index (κ2) is 3.88. The zero-order valence-corrected chi connectivity index (χ0v) is 8.86. The first-order valence-corrected chi connectivity index (χ1v) is 5.16. The molecule has 1 aromatic heterocycles. The van der Waals surface area contributed by atoms with Crippen LogP contribution in [0, 0.1) is 12.8 Å². The summed E-state index contributed by atoms with van der Waals surface area (Å²) >= 11 is 0. The van der Waals surface area contributed by atoms with Gasteiger partial charge < -0.3 is 5.32 Å². The second-order valence-corrected chi connectivity index (χ2v) is 4.00. The zero-order chi connectivity index (χ0) is 10.8. The van der Waals surface area contributed by atoms with Crippen LogP contribution in [0.5, 0.6) is 0 Å². The monoisotopic (exact) mass is 205 g/mol. The normalized spacial score (nSPS) is 15.0. The summed E-state index contributed by atoms with van der Waals surface area (Å²) in [6.07, 6.45) is 5.59. The van der Waals surface area contributed by atoms with Crippen LogP contribution in [0.25, 0.3) is 0 Å². The molecule has 0 aliphatic heterocycles. The van der Waals surface area contributed by atoms with Gasteiger partial charge in [0, 0.05) is 12.1 Å². The number of rotatable bonds is 4. The van der Waals surface area contributed by atoms with E-state index in [0.717, 1.165) is 23.8 Å². The molecule has 0 unspecified atom stereocenters. The van der Waals surface area contributed by atoms with Crippen molar-refractivity contribution in [2.45, 2.75) is 26.3 Å². The number of anilines is 1. The van der Waals surface area contributed by atoms with Gasteiger partial charge in [0.05, 0.1) is 6.20 Å². The van der Waals surface area contributed by atoms with Crippen molar-refractivity contribution in [2.24, 2.45) is 5.92 Å².